The molecular weight excluding hydrogens is 484 g/mol. The van der Waals surface area contributed by atoms with Gasteiger partial charge in [-0.3, -0.25) is 0 Å². The second-order valence-corrected chi connectivity index (χ2v) is 10.6. The zero-order valence-corrected chi connectivity index (χ0v) is 19.6. The van der Waals surface area contributed by atoms with Gasteiger partial charge in [-0.25, -0.2) is 31.7 Å². The molecule has 4 aromatic rings. The molecule has 0 radical (unpaired) electrons. The number of hydrogen-bond donors (Lipinski definition) is 5. The Kier molecular flexibility index (Phi) is 6.09. The molecule has 0 saturated carbocycles. The lowest BCUT2D eigenvalue weighted by atomic mass is 9.98. The maximum Gasteiger partial charge on any atom is 0.241 e. The van der Waals surface area contributed by atoms with E-state index in [1.807, 2.05) is 0 Å². The Bertz CT molecular complexity index is 1580. The number of aromatic nitrogens is 6. The minimum Gasteiger partial charge on any atom is -0.369 e. The van der Waals surface area contributed by atoms with Crippen molar-refractivity contribution in [1.82, 2.24) is 34.9 Å². The summed E-state index contributed by atoms with van der Waals surface area (Å²) in [7, 11) is -7.17. The van der Waals surface area contributed by atoms with Crippen LogP contribution < -0.4 is 21.3 Å². The highest BCUT2D eigenvalue weighted by molar-refractivity contribution is 7.92. The third-order valence-electron chi connectivity index (χ3n) is 5.17. The molecule has 34 heavy (non-hydrogen) atoms. The number of sulfonamides is 2. The standard InChI is InChI=1S/C18H22N10O4S2/c1-28-12-5-2-4-11(15(12)23-18(28)20)10-6-7-13(34(31,32)22-9-3-8-19)16(33(21,29)30)14(10)17-24-26-27-25-17/h2,4-7,22H,3,8-9,19H2,1H3,(H2,20,23)(H2,21,29,30)(H,24,25,26,27). The highest BCUT2D eigenvalue weighted by Crippen LogP contribution is 2.40. The van der Waals surface area contributed by atoms with Gasteiger partial charge in [0.2, 0.25) is 31.8 Å². The molecule has 0 aliphatic rings. The maximum absolute atomic E-state index is 13.0. The van der Waals surface area contributed by atoms with Crippen molar-refractivity contribution in [1.29, 1.82) is 0 Å². The SMILES string of the molecule is Cn1c(N)nc2c(-c3ccc(S(=O)(=O)NCCCN)c(S(N)(=O)=O)c3-c3nn[nH]n3)cccc21. The summed E-state index contributed by atoms with van der Waals surface area (Å²) in [6, 6.07) is 7.81. The number of tetrazole rings is 1. The van der Waals surface area contributed by atoms with E-state index in [2.05, 4.69) is 30.3 Å². The summed E-state index contributed by atoms with van der Waals surface area (Å²) < 4.78 is 55.7. The molecule has 16 heteroatoms. The third kappa shape index (κ3) is 4.12. The quantitative estimate of drug-likeness (QED) is 0.188. The van der Waals surface area contributed by atoms with E-state index in [4.69, 9.17) is 16.6 Å². The van der Waals surface area contributed by atoms with Crippen LogP contribution in [0.4, 0.5) is 5.95 Å². The summed E-state index contributed by atoms with van der Waals surface area (Å²) in [4.78, 5) is 3.15. The van der Waals surface area contributed by atoms with Crippen LogP contribution in [-0.2, 0) is 27.1 Å². The van der Waals surface area contributed by atoms with Crippen molar-refractivity contribution in [2.45, 2.75) is 16.2 Å². The van der Waals surface area contributed by atoms with Crippen LogP contribution in [0.5, 0.6) is 0 Å². The highest BCUT2D eigenvalue weighted by Gasteiger charge is 2.32. The molecule has 0 bridgehead atoms. The number of nitrogens with one attached hydrogen (secondary N) is 2. The highest BCUT2D eigenvalue weighted by atomic mass is 32.2. The average molecular weight is 507 g/mol. The lowest BCUT2D eigenvalue weighted by Gasteiger charge is -2.16. The first-order valence-electron chi connectivity index (χ1n) is 9.91. The minimum atomic E-state index is -4.61. The molecule has 4 rings (SSSR count). The number of imidazole rings is 1. The molecule has 180 valence electrons. The number of nitrogens with two attached hydrogens (primary N) is 3. The smallest absolute Gasteiger partial charge is 0.241 e. The summed E-state index contributed by atoms with van der Waals surface area (Å²) in [6.45, 7) is 0.254. The predicted molar refractivity (Wildman–Crippen MR) is 124 cm³/mol. The average Bonchev–Trinajstić information content (AvgIpc) is 3.41. The summed E-state index contributed by atoms with van der Waals surface area (Å²) in [5, 5.41) is 19.1. The Morgan fingerprint density at radius 3 is 2.53 bits per heavy atom. The fourth-order valence-electron chi connectivity index (χ4n) is 3.61. The van der Waals surface area contributed by atoms with E-state index < -0.39 is 29.8 Å². The summed E-state index contributed by atoms with van der Waals surface area (Å²) in [5.74, 6) is 0.0671. The van der Waals surface area contributed by atoms with Crippen LogP contribution in [0.2, 0.25) is 0 Å². The number of anilines is 1. The van der Waals surface area contributed by atoms with E-state index in [0.29, 0.717) is 23.0 Å². The van der Waals surface area contributed by atoms with Gasteiger partial charge in [0.25, 0.3) is 0 Å². The number of rotatable bonds is 8. The number of nitrogen functional groups attached to an aromatic ring is 1. The van der Waals surface area contributed by atoms with E-state index in [1.165, 1.54) is 6.07 Å². The van der Waals surface area contributed by atoms with E-state index in [0.717, 1.165) is 6.07 Å². The first-order valence-corrected chi connectivity index (χ1v) is 12.9. The summed E-state index contributed by atoms with van der Waals surface area (Å²) in [6.07, 6.45) is 0.350. The Morgan fingerprint density at radius 2 is 1.88 bits per heavy atom. The monoisotopic (exact) mass is 506 g/mol. The Morgan fingerprint density at radius 1 is 1.12 bits per heavy atom. The van der Waals surface area contributed by atoms with E-state index in [1.54, 1.807) is 29.8 Å². The van der Waals surface area contributed by atoms with Crippen LogP contribution in [0.1, 0.15) is 6.42 Å². The molecule has 0 unspecified atom stereocenters. The number of benzene rings is 2. The van der Waals surface area contributed by atoms with Gasteiger partial charge in [0, 0.05) is 19.2 Å². The van der Waals surface area contributed by atoms with Crippen LogP contribution in [0.3, 0.4) is 0 Å². The maximum atomic E-state index is 13.0. The molecule has 14 nitrogen and oxygen atoms in total. The molecule has 0 aliphatic carbocycles. The number of para-hydroxylation sites is 1. The van der Waals surface area contributed by atoms with Crippen LogP contribution in [0.25, 0.3) is 33.5 Å². The molecule has 0 atom stereocenters. The molecule has 0 fully saturated rings. The zero-order chi connectivity index (χ0) is 24.7. The molecule has 0 amide bonds. The van der Waals surface area contributed by atoms with Crippen LogP contribution in [0, 0.1) is 0 Å². The van der Waals surface area contributed by atoms with Crippen molar-refractivity contribution < 1.29 is 16.8 Å². The number of primary sulfonamides is 1. The molecule has 0 aliphatic heterocycles. The van der Waals surface area contributed by atoms with Gasteiger partial charge in [0.1, 0.15) is 9.79 Å². The number of fused-ring (bicyclic) bond motifs is 1. The second kappa shape index (κ2) is 8.73. The molecular formula is C18H22N10O4S2. The van der Waals surface area contributed by atoms with Gasteiger partial charge in [-0.1, -0.05) is 18.2 Å². The molecule has 2 aromatic heterocycles. The fourth-order valence-corrected chi connectivity index (χ4v) is 6.28. The van der Waals surface area contributed by atoms with Gasteiger partial charge in [-0.15, -0.1) is 10.2 Å². The van der Waals surface area contributed by atoms with Crippen molar-refractivity contribution >= 4 is 37.0 Å². The lowest BCUT2D eigenvalue weighted by Crippen LogP contribution is -2.29. The van der Waals surface area contributed by atoms with Gasteiger partial charge in [0.05, 0.1) is 16.6 Å². The van der Waals surface area contributed by atoms with Gasteiger partial charge in [-0.2, -0.15) is 5.21 Å². The third-order valence-corrected chi connectivity index (χ3v) is 7.80. The molecule has 8 N–H and O–H groups in total. The Hall–Kier alpha value is -3.44. The first-order chi connectivity index (χ1) is 16.1. The van der Waals surface area contributed by atoms with Crippen molar-refractivity contribution in [3.05, 3.63) is 30.3 Å². The van der Waals surface area contributed by atoms with Crippen LogP contribution >= 0.6 is 0 Å². The number of H-pyrrole nitrogens is 1. The van der Waals surface area contributed by atoms with Crippen molar-refractivity contribution in [3.63, 3.8) is 0 Å². The fraction of sp³-hybridized carbons (Fsp3) is 0.222. The largest absolute Gasteiger partial charge is 0.369 e. The first kappa shape index (κ1) is 23.7. The lowest BCUT2D eigenvalue weighted by molar-refractivity contribution is 0.572. The summed E-state index contributed by atoms with van der Waals surface area (Å²) >= 11 is 0. The van der Waals surface area contributed by atoms with E-state index >= 15 is 0 Å². The van der Waals surface area contributed by atoms with Gasteiger partial charge in [0.15, 0.2) is 0 Å². The molecule has 2 aromatic carbocycles. The van der Waals surface area contributed by atoms with Gasteiger partial charge >= 0.3 is 0 Å². The van der Waals surface area contributed by atoms with Crippen LogP contribution in [0.15, 0.2) is 40.1 Å². The Labute approximate surface area is 194 Å². The number of aryl methyl sites for hydroxylation is 1. The normalized spacial score (nSPS) is 12.4. The minimum absolute atomic E-state index is 0.00864. The predicted octanol–water partition coefficient (Wildman–Crippen LogP) is -0.723. The van der Waals surface area contributed by atoms with Gasteiger partial charge in [-0.05, 0) is 35.9 Å². The van der Waals surface area contributed by atoms with Crippen molar-refractivity contribution in [3.8, 4) is 22.5 Å². The molecule has 0 saturated heterocycles. The summed E-state index contributed by atoms with van der Waals surface area (Å²) in [5.41, 5.74) is 13.1. The van der Waals surface area contributed by atoms with Crippen molar-refractivity contribution in [2.75, 3.05) is 18.8 Å². The number of nitrogens with zero attached hydrogens (tertiary/aromatic N) is 5. The van der Waals surface area contributed by atoms with Crippen LogP contribution in [-0.4, -0.2) is 60.1 Å². The molecule has 0 spiro atoms. The number of hydrogen-bond acceptors (Lipinski definition) is 10. The zero-order valence-electron chi connectivity index (χ0n) is 17.9. The topological polar surface area (TPSA) is 231 Å². The molecule has 2 heterocycles. The number of aromatic amines is 1. The van der Waals surface area contributed by atoms with E-state index in [9.17, 15) is 16.8 Å². The Balaban J connectivity index is 2.10. The second-order valence-electron chi connectivity index (χ2n) is 7.34. The van der Waals surface area contributed by atoms with E-state index in [-0.39, 0.29) is 36.0 Å². The van der Waals surface area contributed by atoms with Gasteiger partial charge < -0.3 is 16.0 Å². The van der Waals surface area contributed by atoms with Crippen molar-refractivity contribution in [2.24, 2.45) is 17.9 Å².